The zero-order valence-corrected chi connectivity index (χ0v) is 13.5. The van der Waals surface area contributed by atoms with Gasteiger partial charge in [0, 0.05) is 17.7 Å². The first-order valence-electron chi connectivity index (χ1n) is 7.87. The summed E-state index contributed by atoms with van der Waals surface area (Å²) < 4.78 is 38.2. The van der Waals surface area contributed by atoms with E-state index >= 15 is 0 Å². The quantitative estimate of drug-likeness (QED) is 0.876. The maximum atomic E-state index is 12.7. The third-order valence-corrected chi connectivity index (χ3v) is 4.04. The number of hydrogen-bond donors (Lipinski definition) is 2. The Morgan fingerprint density at radius 2 is 1.92 bits per heavy atom. The van der Waals surface area contributed by atoms with E-state index in [2.05, 4.69) is 10.8 Å². The Morgan fingerprint density at radius 3 is 2.69 bits per heavy atom. The van der Waals surface area contributed by atoms with E-state index in [1.165, 1.54) is 12.1 Å². The van der Waals surface area contributed by atoms with Gasteiger partial charge in [0.15, 0.2) is 5.75 Å². The molecule has 1 unspecified atom stereocenters. The fourth-order valence-electron chi connectivity index (χ4n) is 2.73. The van der Waals surface area contributed by atoms with Crippen molar-refractivity contribution in [2.24, 2.45) is 0 Å². The van der Waals surface area contributed by atoms with E-state index in [-0.39, 0.29) is 24.4 Å². The fraction of sp³-hybridized carbons (Fsp3) is 0.222. The zero-order valence-electron chi connectivity index (χ0n) is 13.5. The molecular formula is C18H15F3N2O3. The molecule has 0 saturated heterocycles. The van der Waals surface area contributed by atoms with Gasteiger partial charge in [0.25, 0.3) is 11.8 Å². The van der Waals surface area contributed by atoms with Crippen molar-refractivity contribution >= 4 is 11.8 Å². The number of fused-ring (bicyclic) bond motifs is 1. The number of para-hydroxylation sites is 1. The van der Waals surface area contributed by atoms with Crippen molar-refractivity contribution in [1.82, 2.24) is 10.8 Å². The lowest BCUT2D eigenvalue weighted by molar-refractivity contribution is -0.137. The second-order valence-electron chi connectivity index (χ2n) is 5.78. The summed E-state index contributed by atoms with van der Waals surface area (Å²) in [6, 6.07) is 11.2. The Balaban J connectivity index is 1.64. The highest BCUT2D eigenvalue weighted by atomic mass is 19.4. The smallest absolute Gasteiger partial charge is 0.379 e. The van der Waals surface area contributed by atoms with E-state index in [1.54, 1.807) is 24.3 Å². The predicted molar refractivity (Wildman–Crippen MR) is 86.3 cm³/mol. The van der Waals surface area contributed by atoms with Crippen LogP contribution in [0.25, 0.3) is 0 Å². The number of alkyl halides is 3. The molecule has 2 amide bonds. The summed E-state index contributed by atoms with van der Waals surface area (Å²) in [5.74, 6) is -0.947. The molecule has 1 aliphatic heterocycles. The van der Waals surface area contributed by atoms with Crippen LogP contribution in [-0.4, -0.2) is 18.4 Å². The molecule has 2 aromatic carbocycles. The zero-order chi connectivity index (χ0) is 18.7. The van der Waals surface area contributed by atoms with E-state index in [0.29, 0.717) is 11.3 Å². The lowest BCUT2D eigenvalue weighted by Gasteiger charge is -2.24. The lowest BCUT2D eigenvalue weighted by atomic mass is 9.93. The van der Waals surface area contributed by atoms with Crippen molar-refractivity contribution in [3.63, 3.8) is 0 Å². The minimum atomic E-state index is -4.51. The normalized spacial score (nSPS) is 16.3. The van der Waals surface area contributed by atoms with Crippen LogP contribution >= 0.6 is 0 Å². The van der Waals surface area contributed by atoms with E-state index in [9.17, 15) is 22.8 Å². The van der Waals surface area contributed by atoms with Crippen LogP contribution < -0.4 is 15.6 Å². The number of carbonyl (C=O) groups excluding carboxylic acids is 2. The molecule has 0 radical (unpaired) electrons. The van der Waals surface area contributed by atoms with Gasteiger partial charge in [-0.25, -0.2) is 0 Å². The molecule has 136 valence electrons. The molecule has 0 fully saturated rings. The van der Waals surface area contributed by atoms with Crippen LogP contribution in [0.2, 0.25) is 0 Å². The molecule has 5 nitrogen and oxygen atoms in total. The summed E-state index contributed by atoms with van der Waals surface area (Å²) in [4.78, 5) is 29.2. The van der Waals surface area contributed by atoms with Gasteiger partial charge in [-0.2, -0.15) is 18.7 Å². The molecule has 3 rings (SSSR count). The molecule has 0 aliphatic carbocycles. The largest absolute Gasteiger partial charge is 0.416 e. The summed E-state index contributed by atoms with van der Waals surface area (Å²) in [6.45, 7) is 0.126. The monoisotopic (exact) mass is 364 g/mol. The predicted octanol–water partition coefficient (Wildman–Crippen LogP) is 3.03. The van der Waals surface area contributed by atoms with Crippen molar-refractivity contribution in [2.75, 3.05) is 6.54 Å². The summed E-state index contributed by atoms with van der Waals surface area (Å²) in [5, 5.41) is 2.55. The first-order valence-corrected chi connectivity index (χ1v) is 7.87. The Bertz CT molecular complexity index is 836. The molecule has 0 bridgehead atoms. The third-order valence-electron chi connectivity index (χ3n) is 4.04. The van der Waals surface area contributed by atoms with Gasteiger partial charge in [-0.1, -0.05) is 24.3 Å². The Labute approximate surface area is 147 Å². The number of nitrogens with one attached hydrogen (secondary N) is 2. The summed E-state index contributed by atoms with van der Waals surface area (Å²) in [5.41, 5.74) is 2.03. The average Bonchev–Trinajstić information content (AvgIpc) is 2.63. The van der Waals surface area contributed by atoms with Crippen LogP contribution in [0.4, 0.5) is 13.2 Å². The second kappa shape index (κ2) is 7.07. The topological polar surface area (TPSA) is 67.4 Å². The van der Waals surface area contributed by atoms with Gasteiger partial charge in [-0.05, 0) is 30.7 Å². The van der Waals surface area contributed by atoms with Crippen molar-refractivity contribution in [3.8, 4) is 5.75 Å². The van der Waals surface area contributed by atoms with Crippen LogP contribution in [0.5, 0.6) is 5.75 Å². The van der Waals surface area contributed by atoms with Gasteiger partial charge in [-0.15, -0.1) is 0 Å². The van der Waals surface area contributed by atoms with E-state index in [1.807, 2.05) is 0 Å². The summed E-state index contributed by atoms with van der Waals surface area (Å²) in [7, 11) is 0. The van der Waals surface area contributed by atoms with Gasteiger partial charge in [0.2, 0.25) is 0 Å². The molecule has 1 heterocycles. The number of halogens is 3. The van der Waals surface area contributed by atoms with E-state index in [4.69, 9.17) is 4.84 Å². The summed E-state index contributed by atoms with van der Waals surface area (Å²) in [6.07, 6.45) is -4.23. The second-order valence-corrected chi connectivity index (χ2v) is 5.78. The first kappa shape index (κ1) is 17.8. The SMILES string of the molecule is O=C(NCCC1C(=O)NOc2ccccc21)c1cccc(C(F)(F)F)c1. The number of hydroxylamine groups is 1. The van der Waals surface area contributed by atoms with Gasteiger partial charge in [-0.3, -0.25) is 9.59 Å². The molecule has 1 atom stereocenters. The van der Waals surface area contributed by atoms with E-state index in [0.717, 1.165) is 12.1 Å². The number of amides is 2. The average molecular weight is 364 g/mol. The summed E-state index contributed by atoms with van der Waals surface area (Å²) >= 11 is 0. The third kappa shape index (κ3) is 3.79. The first-order chi connectivity index (χ1) is 12.4. The molecule has 0 saturated carbocycles. The highest BCUT2D eigenvalue weighted by molar-refractivity contribution is 5.94. The minimum Gasteiger partial charge on any atom is -0.379 e. The van der Waals surface area contributed by atoms with Crippen LogP contribution in [0.3, 0.4) is 0 Å². The molecule has 8 heteroatoms. The van der Waals surface area contributed by atoms with Gasteiger partial charge >= 0.3 is 6.18 Å². The highest BCUT2D eigenvalue weighted by Crippen LogP contribution is 2.32. The van der Waals surface area contributed by atoms with Crippen molar-refractivity contribution in [1.29, 1.82) is 0 Å². The van der Waals surface area contributed by atoms with Crippen molar-refractivity contribution in [3.05, 3.63) is 65.2 Å². The molecule has 1 aliphatic rings. The maximum absolute atomic E-state index is 12.7. The maximum Gasteiger partial charge on any atom is 0.416 e. The van der Waals surface area contributed by atoms with Gasteiger partial charge in [0.05, 0.1) is 11.5 Å². The van der Waals surface area contributed by atoms with Crippen molar-refractivity contribution < 1.29 is 27.6 Å². The van der Waals surface area contributed by atoms with Crippen LogP contribution in [0, 0.1) is 0 Å². The standard InChI is InChI=1S/C18H15F3N2O3/c19-18(20,21)12-5-3-4-11(10-12)16(24)22-9-8-14-13-6-1-2-7-15(13)26-23-17(14)25/h1-7,10,14H,8-9H2,(H,22,24)(H,23,25). The molecule has 0 aromatic heterocycles. The molecular weight excluding hydrogens is 349 g/mol. The minimum absolute atomic E-state index is 0.0864. The Morgan fingerprint density at radius 1 is 1.15 bits per heavy atom. The number of rotatable bonds is 4. The molecule has 0 spiro atoms. The number of hydrogen-bond acceptors (Lipinski definition) is 3. The Hall–Kier alpha value is -3.03. The number of carbonyl (C=O) groups is 2. The van der Waals surface area contributed by atoms with Crippen molar-refractivity contribution in [2.45, 2.75) is 18.5 Å². The van der Waals surface area contributed by atoms with Gasteiger partial charge < -0.3 is 10.2 Å². The highest BCUT2D eigenvalue weighted by Gasteiger charge is 2.31. The number of benzene rings is 2. The molecule has 2 aromatic rings. The lowest BCUT2D eigenvalue weighted by Crippen LogP contribution is -2.38. The Kier molecular flexibility index (Phi) is 4.83. The van der Waals surface area contributed by atoms with Gasteiger partial charge in [0.1, 0.15) is 0 Å². The van der Waals surface area contributed by atoms with Crippen LogP contribution in [-0.2, 0) is 11.0 Å². The van der Waals surface area contributed by atoms with Crippen LogP contribution in [0.15, 0.2) is 48.5 Å². The fourth-order valence-corrected chi connectivity index (χ4v) is 2.73. The molecule has 2 N–H and O–H groups in total. The van der Waals surface area contributed by atoms with Crippen LogP contribution in [0.1, 0.15) is 33.8 Å². The molecule has 26 heavy (non-hydrogen) atoms. The van der Waals surface area contributed by atoms with E-state index < -0.39 is 23.6 Å².